The van der Waals surface area contributed by atoms with Gasteiger partial charge in [0, 0.05) is 6.61 Å². The molecule has 0 aromatic heterocycles. The van der Waals surface area contributed by atoms with Crippen molar-refractivity contribution >= 4 is 5.91 Å². The van der Waals surface area contributed by atoms with Crippen LogP contribution in [0, 0.1) is 18.3 Å². The average Bonchev–Trinajstić information content (AvgIpc) is 2.19. The van der Waals surface area contributed by atoms with E-state index in [9.17, 15) is 4.79 Å². The van der Waals surface area contributed by atoms with Crippen molar-refractivity contribution < 1.29 is 9.53 Å². The van der Waals surface area contributed by atoms with Gasteiger partial charge in [-0.2, -0.15) is 0 Å². The fourth-order valence-corrected chi connectivity index (χ4v) is 1.32. The molecule has 3 heteroatoms. The van der Waals surface area contributed by atoms with Gasteiger partial charge in [-0.25, -0.2) is 0 Å². The lowest BCUT2D eigenvalue weighted by molar-refractivity contribution is -0.129. The van der Waals surface area contributed by atoms with E-state index in [2.05, 4.69) is 11.2 Å². The molecular formula is C10H15NO2. The maximum atomic E-state index is 11.5. The maximum absolute atomic E-state index is 11.5. The standard InChI is InChI=1S/C10H15NO2/c1-3-8(2)11-10(12)9-5-4-6-13-7-9/h1,8-9H,4-7H2,2H3,(H,11,12). The first-order chi connectivity index (χ1) is 6.24. The molecule has 0 bridgehead atoms. The van der Waals surface area contributed by atoms with Crippen LogP contribution in [0.3, 0.4) is 0 Å². The Bertz CT molecular complexity index is 213. The molecule has 1 fully saturated rings. The van der Waals surface area contributed by atoms with E-state index < -0.39 is 0 Å². The summed E-state index contributed by atoms with van der Waals surface area (Å²) in [6.07, 6.45) is 7.02. The summed E-state index contributed by atoms with van der Waals surface area (Å²) in [6, 6.07) is -0.186. The molecule has 1 rings (SSSR count). The zero-order valence-electron chi connectivity index (χ0n) is 7.88. The van der Waals surface area contributed by atoms with Crippen LogP contribution in [-0.4, -0.2) is 25.2 Å². The van der Waals surface area contributed by atoms with Crippen LogP contribution >= 0.6 is 0 Å². The highest BCUT2D eigenvalue weighted by atomic mass is 16.5. The quantitative estimate of drug-likeness (QED) is 0.632. The molecular weight excluding hydrogens is 166 g/mol. The van der Waals surface area contributed by atoms with Gasteiger partial charge < -0.3 is 10.1 Å². The minimum Gasteiger partial charge on any atom is -0.381 e. The third-order valence-corrected chi connectivity index (χ3v) is 2.14. The van der Waals surface area contributed by atoms with Gasteiger partial charge in [-0.3, -0.25) is 4.79 Å². The number of hydrogen-bond acceptors (Lipinski definition) is 2. The second kappa shape index (κ2) is 4.88. The molecule has 0 saturated carbocycles. The summed E-state index contributed by atoms with van der Waals surface area (Å²) in [7, 11) is 0. The summed E-state index contributed by atoms with van der Waals surface area (Å²) in [5.41, 5.74) is 0. The molecule has 2 atom stereocenters. The molecule has 0 radical (unpaired) electrons. The summed E-state index contributed by atoms with van der Waals surface area (Å²) >= 11 is 0. The summed E-state index contributed by atoms with van der Waals surface area (Å²) in [6.45, 7) is 3.10. The maximum Gasteiger partial charge on any atom is 0.226 e. The number of ether oxygens (including phenoxy) is 1. The van der Waals surface area contributed by atoms with Crippen LogP contribution in [0.5, 0.6) is 0 Å². The monoisotopic (exact) mass is 181 g/mol. The lowest BCUT2D eigenvalue weighted by Crippen LogP contribution is -2.39. The zero-order valence-corrected chi connectivity index (χ0v) is 7.88. The Morgan fingerprint density at radius 1 is 1.77 bits per heavy atom. The van der Waals surface area contributed by atoms with Gasteiger partial charge in [0.1, 0.15) is 0 Å². The van der Waals surface area contributed by atoms with Crippen LogP contribution in [-0.2, 0) is 9.53 Å². The minimum absolute atomic E-state index is 0.00968. The molecule has 1 saturated heterocycles. The predicted octanol–water partition coefficient (Wildman–Crippen LogP) is 0.551. The van der Waals surface area contributed by atoms with E-state index in [0.29, 0.717) is 6.61 Å². The van der Waals surface area contributed by atoms with Gasteiger partial charge >= 0.3 is 0 Å². The van der Waals surface area contributed by atoms with Crippen molar-refractivity contribution in [3.63, 3.8) is 0 Å². The molecule has 0 aromatic carbocycles. The first kappa shape index (κ1) is 10.1. The normalized spacial score (nSPS) is 24.5. The van der Waals surface area contributed by atoms with Gasteiger partial charge in [0.15, 0.2) is 0 Å². The first-order valence-electron chi connectivity index (χ1n) is 4.58. The summed E-state index contributed by atoms with van der Waals surface area (Å²) in [5, 5.41) is 2.74. The fourth-order valence-electron chi connectivity index (χ4n) is 1.32. The third-order valence-electron chi connectivity index (χ3n) is 2.14. The number of carbonyl (C=O) groups is 1. The Labute approximate surface area is 78.8 Å². The molecule has 1 aliphatic rings. The molecule has 0 aromatic rings. The predicted molar refractivity (Wildman–Crippen MR) is 50.0 cm³/mol. The van der Waals surface area contributed by atoms with E-state index in [4.69, 9.17) is 11.2 Å². The molecule has 1 heterocycles. The van der Waals surface area contributed by atoms with Gasteiger partial charge in [0.05, 0.1) is 18.6 Å². The van der Waals surface area contributed by atoms with Crippen LogP contribution in [0.1, 0.15) is 19.8 Å². The van der Waals surface area contributed by atoms with Gasteiger partial charge in [-0.05, 0) is 19.8 Å². The Balaban J connectivity index is 2.34. The summed E-state index contributed by atoms with van der Waals surface area (Å²) < 4.78 is 5.21. The largest absolute Gasteiger partial charge is 0.381 e. The number of terminal acetylenes is 1. The fraction of sp³-hybridized carbons (Fsp3) is 0.700. The van der Waals surface area contributed by atoms with Crippen LogP contribution in [0.4, 0.5) is 0 Å². The van der Waals surface area contributed by atoms with Crippen LogP contribution < -0.4 is 5.32 Å². The van der Waals surface area contributed by atoms with Gasteiger partial charge in [-0.15, -0.1) is 6.42 Å². The van der Waals surface area contributed by atoms with Crippen molar-refractivity contribution in [1.29, 1.82) is 0 Å². The zero-order chi connectivity index (χ0) is 9.68. The van der Waals surface area contributed by atoms with E-state index in [-0.39, 0.29) is 17.9 Å². The van der Waals surface area contributed by atoms with E-state index in [1.165, 1.54) is 0 Å². The van der Waals surface area contributed by atoms with E-state index >= 15 is 0 Å². The van der Waals surface area contributed by atoms with Gasteiger partial charge in [0.25, 0.3) is 0 Å². The molecule has 72 valence electrons. The average molecular weight is 181 g/mol. The van der Waals surface area contributed by atoms with Crippen molar-refractivity contribution in [2.24, 2.45) is 5.92 Å². The van der Waals surface area contributed by atoms with Crippen molar-refractivity contribution in [2.75, 3.05) is 13.2 Å². The lowest BCUT2D eigenvalue weighted by Gasteiger charge is -2.22. The SMILES string of the molecule is C#CC(C)NC(=O)C1CCCOC1. The van der Waals surface area contributed by atoms with E-state index in [1.54, 1.807) is 6.92 Å². The molecule has 1 aliphatic heterocycles. The molecule has 3 nitrogen and oxygen atoms in total. The van der Waals surface area contributed by atoms with Crippen molar-refractivity contribution in [3.8, 4) is 12.3 Å². The number of hydrogen-bond donors (Lipinski definition) is 1. The van der Waals surface area contributed by atoms with Gasteiger partial charge in [0.2, 0.25) is 5.91 Å². The molecule has 0 spiro atoms. The highest BCUT2D eigenvalue weighted by Gasteiger charge is 2.22. The molecule has 2 unspecified atom stereocenters. The van der Waals surface area contributed by atoms with Crippen molar-refractivity contribution in [2.45, 2.75) is 25.8 Å². The number of amides is 1. The number of nitrogens with one attached hydrogen (secondary N) is 1. The Hall–Kier alpha value is -1.01. The highest BCUT2D eigenvalue weighted by molar-refractivity contribution is 5.79. The van der Waals surface area contributed by atoms with Crippen LogP contribution in [0.15, 0.2) is 0 Å². The topological polar surface area (TPSA) is 38.3 Å². The Kier molecular flexibility index (Phi) is 3.78. The summed E-state index contributed by atoms with van der Waals surface area (Å²) in [5.74, 6) is 2.47. The van der Waals surface area contributed by atoms with Crippen molar-refractivity contribution in [3.05, 3.63) is 0 Å². The molecule has 13 heavy (non-hydrogen) atoms. The minimum atomic E-state index is -0.186. The lowest BCUT2D eigenvalue weighted by atomic mass is 10.0. The Morgan fingerprint density at radius 2 is 2.54 bits per heavy atom. The van der Waals surface area contributed by atoms with Crippen LogP contribution in [0.25, 0.3) is 0 Å². The van der Waals surface area contributed by atoms with E-state index in [1.807, 2.05) is 0 Å². The molecule has 1 amide bonds. The third kappa shape index (κ3) is 3.08. The highest BCUT2D eigenvalue weighted by Crippen LogP contribution is 2.13. The van der Waals surface area contributed by atoms with Crippen LogP contribution in [0.2, 0.25) is 0 Å². The summed E-state index contributed by atoms with van der Waals surface area (Å²) in [4.78, 5) is 11.5. The molecule has 0 aliphatic carbocycles. The smallest absolute Gasteiger partial charge is 0.226 e. The second-order valence-corrected chi connectivity index (χ2v) is 3.31. The van der Waals surface area contributed by atoms with Gasteiger partial charge in [-0.1, -0.05) is 5.92 Å². The van der Waals surface area contributed by atoms with E-state index in [0.717, 1.165) is 19.4 Å². The Morgan fingerprint density at radius 3 is 3.08 bits per heavy atom. The molecule has 1 N–H and O–H groups in total. The van der Waals surface area contributed by atoms with Crippen molar-refractivity contribution in [1.82, 2.24) is 5.32 Å². The second-order valence-electron chi connectivity index (χ2n) is 3.31. The number of rotatable bonds is 2. The first-order valence-corrected chi connectivity index (χ1v) is 4.58. The number of carbonyl (C=O) groups excluding carboxylic acids is 1.